The number of nitrogens with one attached hydrogen (secondary N) is 1. The maximum absolute atomic E-state index is 13.7. The SMILES string of the molecule is CCCNC(=O)[C@H](CC)N(Cc1ccc(OC)cc1)C(=O)CN(c1cc(C)ccc1OC)S(C)(=O)=O. The molecule has 0 aliphatic rings. The Bertz CT molecular complexity index is 1130. The summed E-state index contributed by atoms with van der Waals surface area (Å²) in [6, 6.07) is 11.5. The summed E-state index contributed by atoms with van der Waals surface area (Å²) in [5.41, 5.74) is 1.86. The third-order valence-corrected chi connectivity index (χ3v) is 6.86. The topological polar surface area (TPSA) is 105 Å². The Kier molecular flexibility index (Phi) is 10.6. The number of carbonyl (C=O) groups excluding carboxylic acids is 2. The number of carbonyl (C=O) groups is 2. The minimum absolute atomic E-state index is 0.128. The van der Waals surface area contributed by atoms with Gasteiger partial charge in [-0.25, -0.2) is 8.42 Å². The van der Waals surface area contributed by atoms with E-state index < -0.39 is 28.5 Å². The van der Waals surface area contributed by atoms with Crippen molar-refractivity contribution in [1.29, 1.82) is 0 Å². The molecule has 0 spiro atoms. The average Bonchev–Trinajstić information content (AvgIpc) is 2.85. The monoisotopic (exact) mass is 519 g/mol. The number of rotatable bonds is 13. The molecule has 0 saturated carbocycles. The van der Waals surface area contributed by atoms with Gasteiger partial charge in [-0.3, -0.25) is 13.9 Å². The van der Waals surface area contributed by atoms with Crippen molar-refractivity contribution in [3.63, 3.8) is 0 Å². The molecule has 0 fully saturated rings. The number of hydrogen-bond donors (Lipinski definition) is 1. The van der Waals surface area contributed by atoms with Gasteiger partial charge in [0.1, 0.15) is 24.1 Å². The molecule has 1 atom stereocenters. The van der Waals surface area contributed by atoms with Gasteiger partial charge in [-0.2, -0.15) is 0 Å². The fraction of sp³-hybridized carbons (Fsp3) is 0.462. The highest BCUT2D eigenvalue weighted by atomic mass is 32.2. The molecule has 0 saturated heterocycles. The number of ether oxygens (including phenoxy) is 2. The van der Waals surface area contributed by atoms with E-state index in [1.54, 1.807) is 37.4 Å². The molecular weight excluding hydrogens is 482 g/mol. The van der Waals surface area contributed by atoms with Crippen LogP contribution >= 0.6 is 0 Å². The van der Waals surface area contributed by atoms with E-state index in [4.69, 9.17) is 9.47 Å². The molecule has 0 radical (unpaired) electrons. The molecule has 10 heteroatoms. The summed E-state index contributed by atoms with van der Waals surface area (Å²) in [6.07, 6.45) is 2.16. The summed E-state index contributed by atoms with van der Waals surface area (Å²) >= 11 is 0. The predicted molar refractivity (Wildman–Crippen MR) is 141 cm³/mol. The third-order valence-electron chi connectivity index (χ3n) is 5.73. The van der Waals surface area contributed by atoms with Crippen molar-refractivity contribution in [1.82, 2.24) is 10.2 Å². The third kappa shape index (κ3) is 7.61. The van der Waals surface area contributed by atoms with Gasteiger partial charge in [-0.1, -0.05) is 32.0 Å². The van der Waals surface area contributed by atoms with Crippen LogP contribution in [0, 0.1) is 6.92 Å². The van der Waals surface area contributed by atoms with Crippen LogP contribution in [0.3, 0.4) is 0 Å². The molecular formula is C26H37N3O6S. The molecule has 1 N–H and O–H groups in total. The van der Waals surface area contributed by atoms with Crippen LogP contribution in [0.4, 0.5) is 5.69 Å². The minimum Gasteiger partial charge on any atom is -0.497 e. The quantitative estimate of drug-likeness (QED) is 0.436. The molecule has 36 heavy (non-hydrogen) atoms. The summed E-state index contributed by atoms with van der Waals surface area (Å²) in [6.45, 7) is 5.72. The first-order valence-electron chi connectivity index (χ1n) is 11.9. The molecule has 0 unspecified atom stereocenters. The van der Waals surface area contributed by atoms with Gasteiger partial charge >= 0.3 is 0 Å². The van der Waals surface area contributed by atoms with Gasteiger partial charge in [0.05, 0.1) is 26.2 Å². The molecule has 0 heterocycles. The van der Waals surface area contributed by atoms with Crippen LogP contribution in [-0.2, 0) is 26.2 Å². The van der Waals surface area contributed by atoms with Crippen LogP contribution in [0.1, 0.15) is 37.8 Å². The van der Waals surface area contributed by atoms with Crippen molar-refractivity contribution in [3.05, 3.63) is 53.6 Å². The lowest BCUT2D eigenvalue weighted by Gasteiger charge is -2.33. The first kappa shape index (κ1) is 29.0. The Balaban J connectivity index is 2.48. The molecule has 0 bridgehead atoms. The second-order valence-electron chi connectivity index (χ2n) is 8.53. The van der Waals surface area contributed by atoms with Crippen LogP contribution < -0.4 is 19.1 Å². The van der Waals surface area contributed by atoms with Crippen molar-refractivity contribution in [2.45, 2.75) is 46.2 Å². The lowest BCUT2D eigenvalue weighted by Crippen LogP contribution is -2.52. The molecule has 198 valence electrons. The Labute approximate surface area is 214 Å². The van der Waals surface area contributed by atoms with Crippen LogP contribution in [0.15, 0.2) is 42.5 Å². The van der Waals surface area contributed by atoms with E-state index in [0.29, 0.717) is 24.5 Å². The molecule has 9 nitrogen and oxygen atoms in total. The van der Waals surface area contributed by atoms with Crippen LogP contribution in [0.25, 0.3) is 0 Å². The number of nitrogens with zero attached hydrogens (tertiary/aromatic N) is 2. The summed E-state index contributed by atoms with van der Waals surface area (Å²) in [5, 5.41) is 2.86. The van der Waals surface area contributed by atoms with Crippen molar-refractivity contribution >= 4 is 27.5 Å². The van der Waals surface area contributed by atoms with Gasteiger partial charge < -0.3 is 19.7 Å². The Morgan fingerprint density at radius 1 is 1.03 bits per heavy atom. The van der Waals surface area contributed by atoms with Gasteiger partial charge in [0.25, 0.3) is 0 Å². The normalized spacial score (nSPS) is 11.9. The molecule has 2 rings (SSSR count). The molecule has 0 aliphatic heterocycles. The zero-order chi connectivity index (χ0) is 26.9. The lowest BCUT2D eigenvalue weighted by molar-refractivity contribution is -0.140. The Morgan fingerprint density at radius 3 is 2.22 bits per heavy atom. The van der Waals surface area contributed by atoms with E-state index in [0.717, 1.165) is 28.1 Å². The molecule has 2 aromatic rings. The standard InChI is InChI=1S/C26H37N3O6S/c1-7-15-27-26(31)22(8-2)28(17-20-10-12-21(34-4)13-11-20)25(30)18-29(36(6,32)33)23-16-19(3)9-14-24(23)35-5/h9-14,16,22H,7-8,15,17-18H2,1-6H3,(H,27,31)/t22-/m0/s1. The average molecular weight is 520 g/mol. The number of hydrogen-bond acceptors (Lipinski definition) is 6. The zero-order valence-corrected chi connectivity index (χ0v) is 22.7. The molecule has 2 aromatic carbocycles. The van der Waals surface area contributed by atoms with Gasteiger partial charge in [0, 0.05) is 13.1 Å². The van der Waals surface area contributed by atoms with Crippen molar-refractivity contribution in [2.75, 3.05) is 37.9 Å². The Hall–Kier alpha value is -3.27. The fourth-order valence-corrected chi connectivity index (χ4v) is 4.65. The summed E-state index contributed by atoms with van der Waals surface area (Å²) < 4.78 is 37.3. The van der Waals surface area contributed by atoms with Crippen LogP contribution in [0.5, 0.6) is 11.5 Å². The first-order valence-corrected chi connectivity index (χ1v) is 13.7. The zero-order valence-electron chi connectivity index (χ0n) is 21.9. The summed E-state index contributed by atoms with van der Waals surface area (Å²) in [4.78, 5) is 28.2. The van der Waals surface area contributed by atoms with Crippen molar-refractivity contribution in [3.8, 4) is 11.5 Å². The summed E-state index contributed by atoms with van der Waals surface area (Å²) in [7, 11) is -0.849. The summed E-state index contributed by atoms with van der Waals surface area (Å²) in [5.74, 6) is 0.214. The number of anilines is 1. The van der Waals surface area contributed by atoms with Crippen LogP contribution in [-0.4, -0.2) is 64.7 Å². The maximum atomic E-state index is 13.7. The predicted octanol–water partition coefficient (Wildman–Crippen LogP) is 3.11. The number of amides is 2. The molecule has 0 aliphatic carbocycles. The van der Waals surface area contributed by atoms with Gasteiger partial charge in [-0.05, 0) is 55.2 Å². The van der Waals surface area contributed by atoms with Crippen molar-refractivity contribution in [2.24, 2.45) is 0 Å². The fourth-order valence-electron chi connectivity index (χ4n) is 3.80. The molecule has 2 amide bonds. The highest BCUT2D eigenvalue weighted by Crippen LogP contribution is 2.31. The lowest BCUT2D eigenvalue weighted by atomic mass is 10.1. The smallest absolute Gasteiger partial charge is 0.244 e. The van der Waals surface area contributed by atoms with Gasteiger partial charge in [-0.15, -0.1) is 0 Å². The van der Waals surface area contributed by atoms with Gasteiger partial charge in [0.2, 0.25) is 21.8 Å². The van der Waals surface area contributed by atoms with E-state index in [9.17, 15) is 18.0 Å². The van der Waals surface area contributed by atoms with Gasteiger partial charge in [0.15, 0.2) is 0 Å². The van der Waals surface area contributed by atoms with E-state index in [-0.39, 0.29) is 18.1 Å². The number of methoxy groups -OCH3 is 2. The highest BCUT2D eigenvalue weighted by molar-refractivity contribution is 7.92. The first-order chi connectivity index (χ1) is 17.0. The Morgan fingerprint density at radius 2 is 1.69 bits per heavy atom. The van der Waals surface area contributed by atoms with Crippen LogP contribution in [0.2, 0.25) is 0 Å². The van der Waals surface area contributed by atoms with E-state index in [1.165, 1.54) is 12.0 Å². The van der Waals surface area contributed by atoms with E-state index >= 15 is 0 Å². The van der Waals surface area contributed by atoms with Crippen molar-refractivity contribution < 1.29 is 27.5 Å². The second kappa shape index (κ2) is 13.2. The number of aryl methyl sites for hydroxylation is 1. The number of benzene rings is 2. The maximum Gasteiger partial charge on any atom is 0.244 e. The second-order valence-corrected chi connectivity index (χ2v) is 10.4. The molecule has 0 aromatic heterocycles. The number of sulfonamides is 1. The largest absolute Gasteiger partial charge is 0.497 e. The van der Waals surface area contributed by atoms with E-state index in [2.05, 4.69) is 5.32 Å². The minimum atomic E-state index is -3.86. The highest BCUT2D eigenvalue weighted by Gasteiger charge is 2.32. The van der Waals surface area contributed by atoms with E-state index in [1.807, 2.05) is 32.9 Å².